The SMILES string of the molecule is CCOc1cc(O)c(C(=O)C=Cc2ccc(Cl)cc2Cl)cc1CN1CCC=C(n2c(=O)[nH]c3ccccc32)C1. The van der Waals surface area contributed by atoms with Crippen LogP contribution < -0.4 is 10.4 Å². The molecule has 5 rings (SSSR count). The minimum atomic E-state index is -0.368. The van der Waals surface area contributed by atoms with Gasteiger partial charge in [-0.2, -0.15) is 0 Å². The molecule has 39 heavy (non-hydrogen) atoms. The number of ketones is 1. The summed E-state index contributed by atoms with van der Waals surface area (Å²) in [7, 11) is 0. The first kappa shape index (κ1) is 26.8. The molecule has 0 saturated carbocycles. The van der Waals surface area contributed by atoms with Gasteiger partial charge in [-0.05, 0) is 61.4 Å². The number of imidazole rings is 1. The van der Waals surface area contributed by atoms with Crippen LogP contribution in [0.4, 0.5) is 0 Å². The second-order valence-corrected chi connectivity index (χ2v) is 10.1. The van der Waals surface area contributed by atoms with Crippen molar-refractivity contribution in [3.63, 3.8) is 0 Å². The topological polar surface area (TPSA) is 87.6 Å². The van der Waals surface area contributed by atoms with Gasteiger partial charge in [0.05, 0.1) is 23.2 Å². The summed E-state index contributed by atoms with van der Waals surface area (Å²) < 4.78 is 7.52. The summed E-state index contributed by atoms with van der Waals surface area (Å²) in [6.45, 7) is 4.04. The molecule has 0 spiro atoms. The molecule has 2 heterocycles. The molecule has 0 radical (unpaired) electrons. The maximum atomic E-state index is 13.1. The van der Waals surface area contributed by atoms with Crippen LogP contribution in [0, 0.1) is 0 Å². The number of phenols is 1. The van der Waals surface area contributed by atoms with Crippen LogP contribution >= 0.6 is 23.2 Å². The third-order valence-electron chi connectivity index (χ3n) is 6.60. The van der Waals surface area contributed by atoms with Crippen molar-refractivity contribution >= 4 is 51.8 Å². The molecule has 200 valence electrons. The molecule has 9 heteroatoms. The van der Waals surface area contributed by atoms with Crippen LogP contribution in [0.5, 0.6) is 11.5 Å². The lowest BCUT2D eigenvalue weighted by molar-refractivity contribution is 0.104. The summed E-state index contributed by atoms with van der Waals surface area (Å²) in [4.78, 5) is 30.9. The maximum absolute atomic E-state index is 13.1. The maximum Gasteiger partial charge on any atom is 0.330 e. The second kappa shape index (κ2) is 11.5. The van der Waals surface area contributed by atoms with Gasteiger partial charge in [0, 0.05) is 47.0 Å². The number of phenolic OH excluding ortho intramolecular Hbond substituents is 1. The Kier molecular flexibility index (Phi) is 7.93. The zero-order valence-electron chi connectivity index (χ0n) is 21.3. The summed E-state index contributed by atoms with van der Waals surface area (Å²) in [5.74, 6) is -0.0207. The van der Waals surface area contributed by atoms with Crippen molar-refractivity contribution in [1.29, 1.82) is 0 Å². The third kappa shape index (κ3) is 5.81. The van der Waals surface area contributed by atoms with Crippen LogP contribution in [-0.4, -0.2) is 45.0 Å². The Morgan fingerprint density at radius 1 is 1.15 bits per heavy atom. The highest BCUT2D eigenvalue weighted by molar-refractivity contribution is 6.35. The monoisotopic (exact) mass is 563 g/mol. The Morgan fingerprint density at radius 2 is 1.97 bits per heavy atom. The van der Waals surface area contributed by atoms with E-state index in [0.29, 0.717) is 41.1 Å². The number of aromatic amines is 1. The summed E-state index contributed by atoms with van der Waals surface area (Å²) in [5.41, 5.74) is 3.90. The quantitative estimate of drug-likeness (QED) is 0.192. The molecule has 4 aromatic rings. The van der Waals surface area contributed by atoms with E-state index in [1.54, 1.807) is 34.9 Å². The molecule has 0 fully saturated rings. The van der Waals surface area contributed by atoms with Crippen molar-refractivity contribution in [3.8, 4) is 11.5 Å². The number of nitrogens with zero attached hydrogens (tertiary/aromatic N) is 2. The molecule has 2 N–H and O–H groups in total. The lowest BCUT2D eigenvalue weighted by Gasteiger charge is -2.28. The van der Waals surface area contributed by atoms with E-state index >= 15 is 0 Å². The number of aromatic nitrogens is 2. The number of halogens is 2. The van der Waals surface area contributed by atoms with E-state index in [9.17, 15) is 14.7 Å². The number of carbonyl (C=O) groups excluding carboxylic acids is 1. The van der Waals surface area contributed by atoms with Gasteiger partial charge in [-0.3, -0.25) is 14.3 Å². The number of aromatic hydroxyl groups is 1. The fourth-order valence-electron chi connectivity index (χ4n) is 4.78. The molecule has 0 aliphatic carbocycles. The van der Waals surface area contributed by atoms with Crippen LogP contribution in [0.15, 0.2) is 71.5 Å². The van der Waals surface area contributed by atoms with Crippen LogP contribution in [0.2, 0.25) is 10.0 Å². The molecule has 0 atom stereocenters. The van der Waals surface area contributed by atoms with E-state index in [4.69, 9.17) is 27.9 Å². The molecular weight excluding hydrogens is 537 g/mol. The highest BCUT2D eigenvalue weighted by Gasteiger charge is 2.21. The zero-order valence-corrected chi connectivity index (χ0v) is 22.8. The van der Waals surface area contributed by atoms with Crippen molar-refractivity contribution in [3.05, 3.63) is 104 Å². The minimum absolute atomic E-state index is 0.162. The fourth-order valence-corrected chi connectivity index (χ4v) is 5.25. The van der Waals surface area contributed by atoms with Gasteiger partial charge in [0.1, 0.15) is 11.5 Å². The largest absolute Gasteiger partial charge is 0.507 e. The summed E-state index contributed by atoms with van der Waals surface area (Å²) in [5, 5.41) is 11.6. The Labute approximate surface area is 235 Å². The van der Waals surface area contributed by atoms with E-state index in [0.717, 1.165) is 35.3 Å². The first-order chi connectivity index (χ1) is 18.8. The molecule has 0 unspecified atom stereocenters. The molecule has 7 nitrogen and oxygen atoms in total. The van der Waals surface area contributed by atoms with Crippen LogP contribution in [0.25, 0.3) is 22.8 Å². The van der Waals surface area contributed by atoms with Gasteiger partial charge in [0.25, 0.3) is 0 Å². The number of rotatable bonds is 8. The number of hydrogen-bond donors (Lipinski definition) is 2. The fraction of sp³-hybridized carbons (Fsp3) is 0.200. The molecule has 3 aromatic carbocycles. The van der Waals surface area contributed by atoms with Gasteiger partial charge in [-0.15, -0.1) is 0 Å². The van der Waals surface area contributed by atoms with Gasteiger partial charge in [0.2, 0.25) is 0 Å². The molecule has 0 bridgehead atoms. The Hall–Kier alpha value is -3.78. The number of hydrogen-bond acceptors (Lipinski definition) is 5. The standard InChI is InChI=1S/C30H27Cl2N3O4/c1-2-39-29-16-28(37)23(27(36)12-10-19-9-11-21(31)15-24(19)32)14-20(29)17-34-13-5-6-22(18-34)35-26-8-4-3-7-25(26)33-30(35)38/h3-4,6-12,14-16,37H,2,5,13,17-18H2,1H3,(H,33,38). The third-order valence-corrected chi connectivity index (χ3v) is 7.17. The molecule has 1 aliphatic heterocycles. The molecule has 1 aliphatic rings. The Balaban J connectivity index is 1.40. The van der Waals surface area contributed by atoms with Crippen molar-refractivity contribution in [2.24, 2.45) is 0 Å². The van der Waals surface area contributed by atoms with Crippen molar-refractivity contribution in [1.82, 2.24) is 14.5 Å². The highest BCUT2D eigenvalue weighted by atomic mass is 35.5. The molecular formula is C30H27Cl2N3O4. The number of ether oxygens (including phenoxy) is 1. The van der Waals surface area contributed by atoms with Crippen LogP contribution in [-0.2, 0) is 6.54 Å². The van der Waals surface area contributed by atoms with Gasteiger partial charge in [0.15, 0.2) is 5.78 Å². The number of allylic oxidation sites excluding steroid dienone is 1. The minimum Gasteiger partial charge on any atom is -0.507 e. The predicted molar refractivity (Wildman–Crippen MR) is 156 cm³/mol. The molecule has 1 aromatic heterocycles. The number of para-hydroxylation sites is 2. The normalized spacial score (nSPS) is 14.2. The van der Waals surface area contributed by atoms with E-state index in [2.05, 4.69) is 16.0 Å². The average molecular weight is 564 g/mol. The van der Waals surface area contributed by atoms with E-state index in [-0.39, 0.29) is 22.8 Å². The average Bonchev–Trinajstić information content (AvgIpc) is 3.25. The number of H-pyrrole nitrogens is 1. The van der Waals surface area contributed by atoms with Gasteiger partial charge in [-0.1, -0.05) is 47.5 Å². The van der Waals surface area contributed by atoms with Crippen molar-refractivity contribution < 1.29 is 14.6 Å². The molecule has 0 saturated heterocycles. The first-order valence-corrected chi connectivity index (χ1v) is 13.4. The van der Waals surface area contributed by atoms with Crippen molar-refractivity contribution in [2.45, 2.75) is 19.9 Å². The van der Waals surface area contributed by atoms with Gasteiger partial charge < -0.3 is 14.8 Å². The zero-order chi connectivity index (χ0) is 27.5. The summed E-state index contributed by atoms with van der Waals surface area (Å²) >= 11 is 12.2. The lowest BCUT2D eigenvalue weighted by atomic mass is 10.0. The summed E-state index contributed by atoms with van der Waals surface area (Å²) in [6, 6.07) is 15.8. The summed E-state index contributed by atoms with van der Waals surface area (Å²) in [6.07, 6.45) is 5.82. The van der Waals surface area contributed by atoms with Crippen LogP contribution in [0.1, 0.15) is 34.8 Å². The number of benzene rings is 3. The highest BCUT2D eigenvalue weighted by Crippen LogP contribution is 2.32. The van der Waals surface area contributed by atoms with Gasteiger partial charge >= 0.3 is 5.69 Å². The van der Waals surface area contributed by atoms with E-state index in [1.807, 2.05) is 31.2 Å². The number of nitrogens with one attached hydrogen (secondary N) is 1. The first-order valence-electron chi connectivity index (χ1n) is 12.6. The van der Waals surface area contributed by atoms with Crippen molar-refractivity contribution in [2.75, 3.05) is 19.7 Å². The van der Waals surface area contributed by atoms with Crippen LogP contribution in [0.3, 0.4) is 0 Å². The smallest absolute Gasteiger partial charge is 0.330 e. The lowest BCUT2D eigenvalue weighted by Crippen LogP contribution is -2.33. The number of fused-ring (bicyclic) bond motifs is 1. The Bertz CT molecular complexity index is 1670. The second-order valence-electron chi connectivity index (χ2n) is 9.25. The predicted octanol–water partition coefficient (Wildman–Crippen LogP) is 6.38. The number of carbonyl (C=O) groups is 1. The molecule has 0 amide bonds. The van der Waals surface area contributed by atoms with E-state index in [1.165, 1.54) is 12.1 Å². The van der Waals surface area contributed by atoms with Gasteiger partial charge in [-0.25, -0.2) is 4.79 Å². The Morgan fingerprint density at radius 3 is 2.77 bits per heavy atom. The van der Waals surface area contributed by atoms with E-state index < -0.39 is 0 Å².